The van der Waals surface area contributed by atoms with Crippen molar-refractivity contribution in [1.29, 1.82) is 0 Å². The fourth-order valence-electron chi connectivity index (χ4n) is 1.74. The van der Waals surface area contributed by atoms with Crippen molar-refractivity contribution in [3.05, 3.63) is 46.1 Å². The van der Waals surface area contributed by atoms with Crippen LogP contribution in [0.1, 0.15) is 11.1 Å². The Labute approximate surface area is 104 Å². The van der Waals surface area contributed by atoms with Gasteiger partial charge in [-0.25, -0.2) is 9.48 Å². The highest BCUT2D eigenvalue weighted by Crippen LogP contribution is 2.20. The number of rotatable bonds is 4. The number of hydrogen-bond acceptors (Lipinski definition) is 4. The standard InChI is InChI=1S/C12H15N3O3/c1-14-8-13-15(12(14)17)6-10-5-9(7-16)3-4-11(10)18-2/h3-5,8,16H,6-7H2,1-2H3. The van der Waals surface area contributed by atoms with E-state index in [0.717, 1.165) is 11.1 Å². The van der Waals surface area contributed by atoms with E-state index in [9.17, 15) is 4.79 Å². The molecular formula is C12H15N3O3. The molecule has 0 radical (unpaired) electrons. The van der Waals surface area contributed by atoms with Gasteiger partial charge in [0, 0.05) is 12.6 Å². The topological polar surface area (TPSA) is 69.3 Å². The lowest BCUT2D eigenvalue weighted by Crippen LogP contribution is -2.23. The molecule has 0 fully saturated rings. The molecule has 2 aromatic rings. The van der Waals surface area contributed by atoms with Crippen molar-refractivity contribution in [3.63, 3.8) is 0 Å². The first-order valence-electron chi connectivity index (χ1n) is 5.50. The highest BCUT2D eigenvalue weighted by molar-refractivity contribution is 5.37. The molecule has 0 aliphatic rings. The van der Waals surface area contributed by atoms with Crippen LogP contribution in [0, 0.1) is 0 Å². The minimum atomic E-state index is -0.188. The van der Waals surface area contributed by atoms with Crippen LogP contribution in [-0.4, -0.2) is 26.6 Å². The fourth-order valence-corrected chi connectivity index (χ4v) is 1.74. The molecule has 6 nitrogen and oxygen atoms in total. The van der Waals surface area contributed by atoms with E-state index in [1.165, 1.54) is 15.6 Å². The number of aryl methyl sites for hydroxylation is 1. The van der Waals surface area contributed by atoms with E-state index in [0.29, 0.717) is 12.3 Å². The Morgan fingerprint density at radius 2 is 2.22 bits per heavy atom. The summed E-state index contributed by atoms with van der Waals surface area (Å²) in [5, 5.41) is 13.1. The highest BCUT2D eigenvalue weighted by Gasteiger charge is 2.08. The Balaban J connectivity index is 2.38. The number of aliphatic hydroxyl groups is 1. The second-order valence-corrected chi connectivity index (χ2v) is 3.99. The SMILES string of the molecule is COc1ccc(CO)cc1Cn1ncn(C)c1=O. The fraction of sp³-hybridized carbons (Fsp3) is 0.333. The van der Waals surface area contributed by atoms with Crippen LogP contribution in [0.4, 0.5) is 0 Å². The van der Waals surface area contributed by atoms with Gasteiger partial charge in [-0.05, 0) is 17.7 Å². The summed E-state index contributed by atoms with van der Waals surface area (Å²) in [7, 11) is 3.21. The highest BCUT2D eigenvalue weighted by atomic mass is 16.5. The normalized spacial score (nSPS) is 10.6. The van der Waals surface area contributed by atoms with Gasteiger partial charge in [0.2, 0.25) is 0 Å². The Bertz CT molecular complexity index is 601. The van der Waals surface area contributed by atoms with Crippen molar-refractivity contribution in [3.8, 4) is 5.75 Å². The molecule has 0 saturated carbocycles. The number of aromatic nitrogens is 3. The Morgan fingerprint density at radius 1 is 1.44 bits per heavy atom. The van der Waals surface area contributed by atoms with Gasteiger partial charge in [-0.3, -0.25) is 4.57 Å². The Hall–Kier alpha value is -2.08. The quantitative estimate of drug-likeness (QED) is 0.836. The zero-order chi connectivity index (χ0) is 13.1. The van der Waals surface area contributed by atoms with E-state index in [-0.39, 0.29) is 12.3 Å². The minimum absolute atomic E-state index is 0.0475. The first-order chi connectivity index (χ1) is 8.65. The van der Waals surface area contributed by atoms with Gasteiger partial charge in [-0.2, -0.15) is 5.10 Å². The van der Waals surface area contributed by atoms with E-state index in [1.807, 2.05) is 0 Å². The van der Waals surface area contributed by atoms with Gasteiger partial charge >= 0.3 is 5.69 Å². The third kappa shape index (κ3) is 2.28. The van der Waals surface area contributed by atoms with Gasteiger partial charge in [-0.15, -0.1) is 0 Å². The average molecular weight is 249 g/mol. The zero-order valence-electron chi connectivity index (χ0n) is 10.3. The second-order valence-electron chi connectivity index (χ2n) is 3.99. The summed E-state index contributed by atoms with van der Waals surface area (Å²) in [4.78, 5) is 11.7. The van der Waals surface area contributed by atoms with Gasteiger partial charge in [0.15, 0.2) is 0 Å². The summed E-state index contributed by atoms with van der Waals surface area (Å²) in [6.45, 7) is 0.269. The predicted octanol–water partition coefficient (Wildman–Crippen LogP) is 0.131. The van der Waals surface area contributed by atoms with Crippen molar-refractivity contribution in [2.45, 2.75) is 13.2 Å². The zero-order valence-corrected chi connectivity index (χ0v) is 10.3. The molecule has 0 aliphatic carbocycles. The smallest absolute Gasteiger partial charge is 0.345 e. The van der Waals surface area contributed by atoms with Gasteiger partial charge in [0.1, 0.15) is 12.1 Å². The van der Waals surface area contributed by atoms with E-state index < -0.39 is 0 Å². The molecule has 0 bridgehead atoms. The van der Waals surface area contributed by atoms with Crippen molar-refractivity contribution in [2.24, 2.45) is 7.05 Å². The molecule has 1 N–H and O–H groups in total. The molecular weight excluding hydrogens is 234 g/mol. The molecule has 0 aliphatic heterocycles. The first kappa shape index (κ1) is 12.4. The summed E-state index contributed by atoms with van der Waals surface area (Å²) in [6.07, 6.45) is 1.46. The number of aliphatic hydroxyl groups excluding tert-OH is 1. The molecule has 96 valence electrons. The third-order valence-electron chi connectivity index (χ3n) is 2.73. The van der Waals surface area contributed by atoms with Crippen molar-refractivity contribution < 1.29 is 9.84 Å². The third-order valence-corrected chi connectivity index (χ3v) is 2.73. The van der Waals surface area contributed by atoms with Gasteiger partial charge in [0.25, 0.3) is 0 Å². The van der Waals surface area contributed by atoms with Gasteiger partial charge in [-0.1, -0.05) is 6.07 Å². The molecule has 1 heterocycles. The molecule has 0 saturated heterocycles. The summed E-state index contributed by atoms with van der Waals surface area (Å²) in [5.41, 5.74) is 1.39. The maximum absolute atomic E-state index is 11.7. The molecule has 0 spiro atoms. The van der Waals surface area contributed by atoms with E-state index in [2.05, 4.69) is 5.10 Å². The number of methoxy groups -OCH3 is 1. The van der Waals surface area contributed by atoms with E-state index >= 15 is 0 Å². The molecule has 0 atom stereocenters. The lowest BCUT2D eigenvalue weighted by atomic mass is 10.1. The van der Waals surface area contributed by atoms with Crippen molar-refractivity contribution in [1.82, 2.24) is 14.3 Å². The van der Waals surface area contributed by atoms with Crippen molar-refractivity contribution in [2.75, 3.05) is 7.11 Å². The Morgan fingerprint density at radius 3 is 2.78 bits per heavy atom. The van der Waals surface area contributed by atoms with Crippen LogP contribution >= 0.6 is 0 Å². The molecule has 6 heteroatoms. The molecule has 1 aromatic carbocycles. The Kier molecular flexibility index (Phi) is 3.47. The summed E-state index contributed by atoms with van der Waals surface area (Å²) < 4.78 is 7.98. The average Bonchev–Trinajstić information content (AvgIpc) is 2.70. The van der Waals surface area contributed by atoms with Crippen LogP contribution in [0.15, 0.2) is 29.3 Å². The number of nitrogens with zero attached hydrogens (tertiary/aromatic N) is 3. The molecule has 0 amide bonds. The lowest BCUT2D eigenvalue weighted by molar-refractivity contribution is 0.281. The monoisotopic (exact) mass is 249 g/mol. The molecule has 2 rings (SSSR count). The second kappa shape index (κ2) is 5.05. The predicted molar refractivity (Wildman–Crippen MR) is 65.5 cm³/mol. The number of benzene rings is 1. The van der Waals surface area contributed by atoms with E-state index in [1.54, 1.807) is 32.4 Å². The maximum atomic E-state index is 11.7. The van der Waals surface area contributed by atoms with Gasteiger partial charge < -0.3 is 9.84 Å². The van der Waals surface area contributed by atoms with E-state index in [4.69, 9.17) is 9.84 Å². The van der Waals surface area contributed by atoms with Crippen LogP contribution in [0.3, 0.4) is 0 Å². The number of hydrogen-bond donors (Lipinski definition) is 1. The largest absolute Gasteiger partial charge is 0.496 e. The minimum Gasteiger partial charge on any atom is -0.496 e. The maximum Gasteiger partial charge on any atom is 0.345 e. The van der Waals surface area contributed by atoms with Crippen molar-refractivity contribution >= 4 is 0 Å². The van der Waals surface area contributed by atoms with Crippen LogP contribution < -0.4 is 10.4 Å². The molecule has 0 unspecified atom stereocenters. The number of ether oxygens (including phenoxy) is 1. The van der Waals surface area contributed by atoms with Gasteiger partial charge in [0.05, 0.1) is 20.3 Å². The lowest BCUT2D eigenvalue weighted by Gasteiger charge is -2.09. The molecule has 18 heavy (non-hydrogen) atoms. The summed E-state index contributed by atoms with van der Waals surface area (Å²) in [6, 6.07) is 5.36. The van der Waals surface area contributed by atoms with Crippen LogP contribution in [-0.2, 0) is 20.2 Å². The van der Waals surface area contributed by atoms with Crippen LogP contribution in [0.25, 0.3) is 0 Å². The van der Waals surface area contributed by atoms with Crippen LogP contribution in [0.2, 0.25) is 0 Å². The molecule has 1 aromatic heterocycles. The first-order valence-corrected chi connectivity index (χ1v) is 5.50. The summed E-state index contributed by atoms with van der Waals surface area (Å²) in [5.74, 6) is 0.671. The van der Waals surface area contributed by atoms with Crippen LogP contribution in [0.5, 0.6) is 5.75 Å². The summed E-state index contributed by atoms with van der Waals surface area (Å²) >= 11 is 0.